The number of hydrogen-bond donors (Lipinski definition) is 1. The molecule has 5 aromatic carbocycles. The average Bonchev–Trinajstić information content (AvgIpc) is 3.02. The zero-order chi connectivity index (χ0) is 29.6. The quantitative estimate of drug-likeness (QED) is 0.175. The summed E-state index contributed by atoms with van der Waals surface area (Å²) in [6.07, 6.45) is 0.684. The van der Waals surface area contributed by atoms with Crippen LogP contribution in [-0.4, -0.2) is 24.0 Å². The van der Waals surface area contributed by atoms with Crippen molar-refractivity contribution in [3.05, 3.63) is 152 Å². The molecule has 1 atom stereocenters. The monoisotopic (exact) mass is 591 g/mol. The Morgan fingerprint density at radius 1 is 0.571 bits per heavy atom. The molecule has 5 aromatic rings. The minimum Gasteiger partial charge on any atom is -0.447 e. The molecule has 0 saturated heterocycles. The maximum Gasteiger partial charge on any atom is 0.411 e. The molecular formula is C37H39NO2P2. The van der Waals surface area contributed by atoms with Crippen LogP contribution in [0.4, 0.5) is 10.5 Å². The summed E-state index contributed by atoms with van der Waals surface area (Å²) >= 11 is 0. The number of carbonyl (C=O) groups excluding carboxylic acids is 1. The Bertz CT molecular complexity index is 1370. The van der Waals surface area contributed by atoms with Crippen LogP contribution in [-0.2, 0) is 4.74 Å². The lowest BCUT2D eigenvalue weighted by molar-refractivity contribution is 0.130. The molecule has 0 aliphatic heterocycles. The van der Waals surface area contributed by atoms with Crippen molar-refractivity contribution in [1.29, 1.82) is 0 Å². The van der Waals surface area contributed by atoms with E-state index in [4.69, 9.17) is 4.74 Å². The Labute approximate surface area is 253 Å². The first kappa shape index (κ1) is 31.2. The predicted octanol–water partition coefficient (Wildman–Crippen LogP) is 8.28. The molecule has 3 nitrogen and oxygen atoms in total. The molecule has 0 aliphatic carbocycles. The summed E-state index contributed by atoms with van der Waals surface area (Å²) in [5.74, 6) is 0. The van der Waals surface area contributed by atoms with Crippen LogP contribution >= 0.6 is 15.8 Å². The van der Waals surface area contributed by atoms with Crippen molar-refractivity contribution in [2.45, 2.75) is 32.5 Å². The number of amides is 1. The third-order valence-corrected chi connectivity index (χ3v) is 12.3. The highest BCUT2D eigenvalue weighted by Gasteiger charge is 2.25. The van der Waals surface area contributed by atoms with Gasteiger partial charge in [0.2, 0.25) is 0 Å². The summed E-state index contributed by atoms with van der Waals surface area (Å²) in [4.78, 5) is 11.1. The highest BCUT2D eigenvalue weighted by molar-refractivity contribution is 7.77. The smallest absolute Gasteiger partial charge is 0.411 e. The highest BCUT2D eigenvalue weighted by Crippen LogP contribution is 2.46. The maximum absolute atomic E-state index is 11.1. The van der Waals surface area contributed by atoms with Crippen molar-refractivity contribution in [1.82, 2.24) is 0 Å². The van der Waals surface area contributed by atoms with Gasteiger partial charge in [0.05, 0.1) is 6.10 Å². The number of hydrogen-bond acceptors (Lipinski definition) is 2. The second-order valence-corrected chi connectivity index (χ2v) is 15.0. The largest absolute Gasteiger partial charge is 0.447 e. The van der Waals surface area contributed by atoms with Gasteiger partial charge in [-0.2, -0.15) is 0 Å². The van der Waals surface area contributed by atoms with E-state index in [-0.39, 0.29) is 14.0 Å². The SMILES string of the molecule is CC(C)OC(=O)Nc1ccccc1.CC(CP(c1ccccc1)c1ccccc1)P(c1ccccc1)c1ccccc1. The number of benzene rings is 5. The number of ether oxygens (including phenoxy) is 1. The van der Waals surface area contributed by atoms with E-state index in [0.29, 0.717) is 5.66 Å². The molecule has 0 fully saturated rings. The zero-order valence-electron chi connectivity index (χ0n) is 24.5. The fourth-order valence-electron chi connectivity index (χ4n) is 4.64. The summed E-state index contributed by atoms with van der Waals surface area (Å²) in [5, 5.41) is 8.49. The van der Waals surface area contributed by atoms with E-state index in [0.717, 1.165) is 5.69 Å². The fraction of sp³-hybridized carbons (Fsp3) is 0.162. The lowest BCUT2D eigenvalue weighted by Gasteiger charge is -2.30. The first-order valence-electron chi connectivity index (χ1n) is 14.3. The molecule has 1 unspecified atom stereocenters. The molecule has 1 N–H and O–H groups in total. The van der Waals surface area contributed by atoms with Crippen molar-refractivity contribution in [3.8, 4) is 0 Å². The molecule has 214 valence electrons. The zero-order valence-corrected chi connectivity index (χ0v) is 26.3. The summed E-state index contributed by atoms with van der Waals surface area (Å²) in [6, 6.07) is 53.5. The van der Waals surface area contributed by atoms with Crippen molar-refractivity contribution in [2.24, 2.45) is 0 Å². The average molecular weight is 592 g/mol. The van der Waals surface area contributed by atoms with Crippen LogP contribution in [0.15, 0.2) is 152 Å². The van der Waals surface area contributed by atoms with E-state index >= 15 is 0 Å². The van der Waals surface area contributed by atoms with Gasteiger partial charge < -0.3 is 4.74 Å². The second-order valence-electron chi connectivity index (χ2n) is 10.1. The van der Waals surface area contributed by atoms with Gasteiger partial charge in [0.25, 0.3) is 0 Å². The minimum atomic E-state index is -0.416. The van der Waals surface area contributed by atoms with Crippen LogP contribution in [0.25, 0.3) is 0 Å². The molecule has 1 amide bonds. The standard InChI is InChI=1S/C27H26P2.C10H13NO2/c1-23(29(26-18-10-4-11-19-26)27-20-12-5-13-21-27)22-28(24-14-6-2-7-15-24)25-16-8-3-9-17-25;1-8(2)13-10(12)11-9-6-4-3-5-7-9/h2-21,23H,22H2,1H3;3-8H,1-2H3,(H,11,12). The molecule has 0 heterocycles. The van der Waals surface area contributed by atoms with Gasteiger partial charge in [-0.05, 0) is 74.9 Å². The van der Waals surface area contributed by atoms with Crippen LogP contribution in [0.3, 0.4) is 0 Å². The van der Waals surface area contributed by atoms with E-state index in [1.807, 2.05) is 44.2 Å². The lowest BCUT2D eigenvalue weighted by atomic mass is 10.3. The van der Waals surface area contributed by atoms with E-state index in [1.54, 1.807) is 0 Å². The van der Waals surface area contributed by atoms with E-state index in [2.05, 4.69) is 134 Å². The maximum atomic E-state index is 11.1. The minimum absolute atomic E-state index is 0.0938. The van der Waals surface area contributed by atoms with Crippen LogP contribution in [0.2, 0.25) is 0 Å². The number of para-hydroxylation sites is 1. The van der Waals surface area contributed by atoms with Crippen molar-refractivity contribution >= 4 is 48.8 Å². The van der Waals surface area contributed by atoms with Gasteiger partial charge in [-0.15, -0.1) is 0 Å². The summed E-state index contributed by atoms with van der Waals surface area (Å²) in [7, 11) is -0.796. The van der Waals surface area contributed by atoms with Crippen molar-refractivity contribution in [2.75, 3.05) is 11.5 Å². The number of anilines is 1. The first-order valence-corrected chi connectivity index (χ1v) is 17.2. The van der Waals surface area contributed by atoms with Gasteiger partial charge >= 0.3 is 6.09 Å². The third kappa shape index (κ3) is 9.66. The molecule has 0 aromatic heterocycles. The molecular weight excluding hydrogens is 552 g/mol. The number of rotatable bonds is 9. The van der Waals surface area contributed by atoms with Gasteiger partial charge in [-0.3, -0.25) is 5.32 Å². The molecule has 5 rings (SSSR count). The van der Waals surface area contributed by atoms with Gasteiger partial charge in [-0.1, -0.05) is 146 Å². The van der Waals surface area contributed by atoms with E-state index in [1.165, 1.54) is 27.4 Å². The lowest BCUT2D eigenvalue weighted by Crippen LogP contribution is -2.25. The van der Waals surface area contributed by atoms with Gasteiger partial charge in [0, 0.05) is 5.69 Å². The molecule has 42 heavy (non-hydrogen) atoms. The third-order valence-electron chi connectivity index (χ3n) is 6.45. The number of nitrogens with one attached hydrogen (secondary N) is 1. The van der Waals surface area contributed by atoms with Gasteiger partial charge in [0.1, 0.15) is 0 Å². The predicted molar refractivity (Wildman–Crippen MR) is 184 cm³/mol. The molecule has 0 bridgehead atoms. The molecule has 0 spiro atoms. The number of carbonyl (C=O) groups is 1. The fourth-order valence-corrected chi connectivity index (χ4v) is 10.4. The van der Waals surface area contributed by atoms with E-state index < -0.39 is 14.0 Å². The van der Waals surface area contributed by atoms with Gasteiger partial charge in [0.15, 0.2) is 0 Å². The van der Waals surface area contributed by atoms with Crippen molar-refractivity contribution < 1.29 is 9.53 Å². The normalized spacial score (nSPS) is 11.5. The first-order chi connectivity index (χ1) is 20.5. The van der Waals surface area contributed by atoms with E-state index in [9.17, 15) is 4.79 Å². The summed E-state index contributed by atoms with van der Waals surface area (Å²) in [6.45, 7) is 6.07. The Balaban J connectivity index is 0.000000262. The summed E-state index contributed by atoms with van der Waals surface area (Å²) < 4.78 is 4.90. The van der Waals surface area contributed by atoms with Crippen molar-refractivity contribution in [3.63, 3.8) is 0 Å². The molecule has 0 radical (unpaired) electrons. The second kappa shape index (κ2) is 16.6. The van der Waals surface area contributed by atoms with Gasteiger partial charge in [-0.25, -0.2) is 4.79 Å². The molecule has 5 heteroatoms. The Kier molecular flexibility index (Phi) is 12.3. The van der Waals surface area contributed by atoms with Crippen LogP contribution in [0, 0.1) is 0 Å². The van der Waals surface area contributed by atoms with Crippen LogP contribution in [0.1, 0.15) is 20.8 Å². The Morgan fingerprint density at radius 3 is 1.31 bits per heavy atom. The Morgan fingerprint density at radius 2 is 0.929 bits per heavy atom. The highest BCUT2D eigenvalue weighted by atomic mass is 31.1. The molecule has 0 aliphatic rings. The Hall–Kier alpha value is -3.77. The molecule has 0 saturated carbocycles. The van der Waals surface area contributed by atoms with Crippen LogP contribution in [0.5, 0.6) is 0 Å². The summed E-state index contributed by atoms with van der Waals surface area (Å²) in [5.41, 5.74) is 1.33. The topological polar surface area (TPSA) is 38.3 Å². The van der Waals surface area contributed by atoms with Crippen LogP contribution < -0.4 is 26.5 Å².